The zero-order valence-electron chi connectivity index (χ0n) is 32.4. The first-order valence-corrected chi connectivity index (χ1v) is 18.8. The number of ether oxygens (including phenoxy) is 3. The number of hydrogen-bond acceptors (Lipinski definition) is 16. The molecule has 322 valence electrons. The first kappa shape index (κ1) is 46.5. The Balaban J connectivity index is 1.41. The van der Waals surface area contributed by atoms with Crippen LogP contribution in [-0.4, -0.2) is 194 Å². The predicted octanol–water partition coefficient (Wildman–Crippen LogP) is -3.74. The summed E-state index contributed by atoms with van der Waals surface area (Å²) in [6.45, 7) is -1.14. The molecule has 2 aliphatic rings. The molecule has 2 aromatic rings. The van der Waals surface area contributed by atoms with Gasteiger partial charge in [-0.1, -0.05) is 60.7 Å². The molecule has 4 amide bonds. The van der Waals surface area contributed by atoms with E-state index in [1.54, 1.807) is 42.5 Å². The van der Waals surface area contributed by atoms with Crippen molar-refractivity contribution in [1.82, 2.24) is 19.8 Å². The maximum Gasteiger partial charge on any atom is 0.242 e. The average Bonchev–Trinajstić information content (AvgIpc) is 3.20. The summed E-state index contributed by atoms with van der Waals surface area (Å²) in [5, 5.41) is 72.9. The van der Waals surface area contributed by atoms with E-state index in [0.717, 1.165) is 16.2 Å². The number of likely N-dealkylation sites (N-methyl/N-ethyl adjacent to an activating group) is 1. The van der Waals surface area contributed by atoms with Gasteiger partial charge in [0.05, 0.1) is 32.9 Å². The molecule has 9 N–H and O–H groups in total. The van der Waals surface area contributed by atoms with Crippen LogP contribution in [0.2, 0.25) is 0 Å². The maximum absolute atomic E-state index is 13.8. The van der Waals surface area contributed by atoms with Crippen molar-refractivity contribution >= 4 is 23.6 Å². The highest BCUT2D eigenvalue weighted by Gasteiger charge is 2.48. The molecule has 20 heteroatoms. The van der Waals surface area contributed by atoms with Gasteiger partial charge >= 0.3 is 0 Å². The topological polar surface area (TPSA) is 286 Å². The smallest absolute Gasteiger partial charge is 0.242 e. The van der Waals surface area contributed by atoms with Crippen LogP contribution in [-0.2, 0) is 51.3 Å². The molecule has 2 fully saturated rings. The molecule has 2 saturated heterocycles. The first-order valence-electron chi connectivity index (χ1n) is 18.8. The third-order valence-electron chi connectivity index (χ3n) is 9.77. The van der Waals surface area contributed by atoms with Gasteiger partial charge in [-0.05, 0) is 17.5 Å². The molecule has 0 spiro atoms. The number of hydroxylamine groups is 2. The van der Waals surface area contributed by atoms with Gasteiger partial charge in [0.1, 0.15) is 55.4 Å². The van der Waals surface area contributed by atoms with Gasteiger partial charge in [0, 0.05) is 33.6 Å². The summed E-state index contributed by atoms with van der Waals surface area (Å²) >= 11 is 0. The van der Waals surface area contributed by atoms with Gasteiger partial charge in [0.25, 0.3) is 0 Å². The fourth-order valence-electron chi connectivity index (χ4n) is 6.43. The molecule has 0 aliphatic carbocycles. The summed E-state index contributed by atoms with van der Waals surface area (Å²) < 4.78 is 16.6. The number of hydrogen-bond donors (Lipinski definition) is 8. The molecule has 2 heterocycles. The summed E-state index contributed by atoms with van der Waals surface area (Å²) in [6, 6.07) is 17.9. The molecular formula is C38H55N5O15. The Labute approximate surface area is 335 Å². The molecule has 58 heavy (non-hydrogen) atoms. The van der Waals surface area contributed by atoms with Crippen molar-refractivity contribution in [3.63, 3.8) is 0 Å². The molecule has 0 aromatic heterocycles. The molecule has 0 radical (unpaired) electrons. The normalized spacial score (nSPS) is 27.2. The summed E-state index contributed by atoms with van der Waals surface area (Å²) in [6.07, 6.45) is -15.6. The second-order valence-electron chi connectivity index (χ2n) is 14.2. The van der Waals surface area contributed by atoms with Gasteiger partial charge in [0.2, 0.25) is 23.6 Å². The lowest BCUT2D eigenvalue weighted by Crippen LogP contribution is -2.63. The minimum absolute atomic E-state index is 0.0466. The van der Waals surface area contributed by atoms with Crippen molar-refractivity contribution in [2.24, 2.45) is 5.73 Å². The van der Waals surface area contributed by atoms with E-state index in [1.165, 1.54) is 28.7 Å². The molecule has 0 saturated carbocycles. The van der Waals surface area contributed by atoms with Crippen LogP contribution in [0.3, 0.4) is 0 Å². The number of primary amides is 1. The number of aliphatic hydroxyl groups excluding tert-OH is 7. The Morgan fingerprint density at radius 3 is 1.79 bits per heavy atom. The van der Waals surface area contributed by atoms with E-state index in [9.17, 15) is 54.9 Å². The standard InChI is InChI=1S/C38H55N5O15/c1-23(45)42(16-24-10-5-3-6-11-24)20-29(47)41(19-30(48)43(18-28(39)46)17-25-12-7-4-8-13-25)14-9-15-56-40(2)37-35(53)33(51)32(50)27(57-37)22-55-38-36(54)34(52)31(49)26(21-44)58-38/h3-8,10-13,26-27,31-38,44,49-54H,9,14-22H2,1-2H3,(H2,39,46)/t26-,27-,31+,32-,33+,34+,35-,36-,37?,38+/m1/s1. The van der Waals surface area contributed by atoms with Crippen LogP contribution in [0.4, 0.5) is 0 Å². The number of nitrogens with two attached hydrogens (primary N) is 1. The molecular weight excluding hydrogens is 766 g/mol. The number of carbonyl (C=O) groups is 4. The number of carbonyl (C=O) groups excluding carboxylic acids is 4. The van der Waals surface area contributed by atoms with Crippen molar-refractivity contribution in [1.29, 1.82) is 0 Å². The van der Waals surface area contributed by atoms with Crippen molar-refractivity contribution in [2.75, 3.05) is 53.0 Å². The Kier molecular flexibility index (Phi) is 17.9. The molecule has 4 rings (SSSR count). The van der Waals surface area contributed by atoms with E-state index >= 15 is 0 Å². The number of benzene rings is 2. The minimum Gasteiger partial charge on any atom is -0.394 e. The van der Waals surface area contributed by atoms with Gasteiger partial charge in [-0.2, -0.15) is 5.06 Å². The second-order valence-corrected chi connectivity index (χ2v) is 14.2. The van der Waals surface area contributed by atoms with Crippen LogP contribution < -0.4 is 5.73 Å². The van der Waals surface area contributed by atoms with Gasteiger partial charge in [-0.15, -0.1) is 0 Å². The monoisotopic (exact) mass is 821 g/mol. The highest BCUT2D eigenvalue weighted by Crippen LogP contribution is 2.26. The second kappa shape index (κ2) is 22.3. The first-order chi connectivity index (χ1) is 27.6. The lowest BCUT2D eigenvalue weighted by molar-refractivity contribution is -0.343. The van der Waals surface area contributed by atoms with Crippen molar-refractivity contribution in [2.45, 2.75) is 87.8 Å². The molecule has 1 unspecified atom stereocenters. The van der Waals surface area contributed by atoms with Crippen molar-refractivity contribution in [3.8, 4) is 0 Å². The fourth-order valence-corrected chi connectivity index (χ4v) is 6.43. The molecule has 10 atom stereocenters. The lowest BCUT2D eigenvalue weighted by Gasteiger charge is -2.44. The third kappa shape index (κ3) is 12.9. The van der Waals surface area contributed by atoms with Gasteiger partial charge in [0.15, 0.2) is 12.5 Å². The van der Waals surface area contributed by atoms with Crippen LogP contribution >= 0.6 is 0 Å². The largest absolute Gasteiger partial charge is 0.394 e. The van der Waals surface area contributed by atoms with Crippen molar-refractivity contribution < 1.29 is 74.0 Å². The van der Waals surface area contributed by atoms with Gasteiger partial charge in [-0.3, -0.25) is 24.0 Å². The summed E-state index contributed by atoms with van der Waals surface area (Å²) in [7, 11) is 1.37. The highest BCUT2D eigenvalue weighted by molar-refractivity contribution is 5.89. The number of nitrogens with zero attached hydrogens (tertiary/aromatic N) is 4. The van der Waals surface area contributed by atoms with Crippen molar-refractivity contribution in [3.05, 3.63) is 71.8 Å². The zero-order chi connectivity index (χ0) is 42.5. The Hall–Kier alpha value is -4.16. The molecule has 0 bridgehead atoms. The van der Waals surface area contributed by atoms with Crippen LogP contribution in [0.25, 0.3) is 0 Å². The van der Waals surface area contributed by atoms with Crippen LogP contribution in [0, 0.1) is 0 Å². The number of aliphatic hydroxyl groups is 7. The lowest BCUT2D eigenvalue weighted by atomic mass is 9.98. The summed E-state index contributed by atoms with van der Waals surface area (Å²) in [5.74, 6) is -2.26. The van der Waals surface area contributed by atoms with Gasteiger partial charge < -0.3 is 70.4 Å². The molecule has 20 nitrogen and oxygen atoms in total. The molecule has 2 aromatic carbocycles. The van der Waals surface area contributed by atoms with Crippen LogP contribution in [0.5, 0.6) is 0 Å². The van der Waals surface area contributed by atoms with Crippen LogP contribution in [0.1, 0.15) is 24.5 Å². The summed E-state index contributed by atoms with van der Waals surface area (Å²) in [5.41, 5.74) is 6.97. The quantitative estimate of drug-likeness (QED) is 0.0471. The van der Waals surface area contributed by atoms with E-state index in [4.69, 9.17) is 24.8 Å². The van der Waals surface area contributed by atoms with Gasteiger partial charge in [-0.25, -0.2) is 0 Å². The number of amides is 4. The number of rotatable bonds is 20. The Morgan fingerprint density at radius 2 is 1.22 bits per heavy atom. The maximum atomic E-state index is 13.8. The minimum atomic E-state index is -1.76. The van der Waals surface area contributed by atoms with E-state index < -0.39 is 105 Å². The van der Waals surface area contributed by atoms with Crippen LogP contribution in [0.15, 0.2) is 60.7 Å². The van der Waals surface area contributed by atoms with E-state index in [-0.39, 0.29) is 45.1 Å². The highest BCUT2D eigenvalue weighted by atomic mass is 16.7. The fraction of sp³-hybridized carbons (Fsp3) is 0.579. The van der Waals surface area contributed by atoms with E-state index in [2.05, 4.69) is 0 Å². The Morgan fingerprint density at radius 1 is 0.690 bits per heavy atom. The van der Waals surface area contributed by atoms with E-state index in [0.29, 0.717) is 0 Å². The third-order valence-corrected chi connectivity index (χ3v) is 9.77. The molecule has 2 aliphatic heterocycles. The predicted molar refractivity (Wildman–Crippen MR) is 200 cm³/mol. The van der Waals surface area contributed by atoms with E-state index in [1.807, 2.05) is 18.2 Å². The summed E-state index contributed by atoms with van der Waals surface area (Å²) in [4.78, 5) is 61.6. The Bertz CT molecular complexity index is 1610. The zero-order valence-corrected chi connectivity index (χ0v) is 32.4. The SMILES string of the molecule is CC(=O)N(CC(=O)N(CCCON(C)C1O[C@H](CO[C@H]2O[C@H](CO)[C@H](O)[C@H](O)[C@H]2O)[C@@H](O)[C@H](O)[C@H]1O)CC(=O)N(CC(N)=O)Cc1ccccc1)Cc1ccccc1. The average molecular weight is 822 g/mol.